The highest BCUT2D eigenvalue weighted by molar-refractivity contribution is 7.89. The fourth-order valence-electron chi connectivity index (χ4n) is 6.99. The number of carbonyl (C=O) groups is 2. The number of nitrogens with one attached hydrogen (secondary N) is 3. The lowest BCUT2D eigenvalue weighted by Gasteiger charge is -2.38. The molecule has 0 spiro atoms. The number of amides is 2. The van der Waals surface area contributed by atoms with Gasteiger partial charge in [-0.2, -0.15) is 4.31 Å². The molecule has 2 aromatic carbocycles. The number of carboxylic acid groups (broad SMARTS) is 1. The Bertz CT molecular complexity index is 1480. The van der Waals surface area contributed by atoms with Crippen LogP contribution in [0.3, 0.4) is 0 Å². The quantitative estimate of drug-likeness (QED) is 0.287. The highest BCUT2D eigenvalue weighted by Crippen LogP contribution is 2.44. The third kappa shape index (κ3) is 7.95. The molecule has 2 aromatic rings. The normalized spacial score (nSPS) is 25.8. The molecule has 2 amide bonds. The molecular weight excluding hydrogens is 616 g/mol. The van der Waals surface area contributed by atoms with Crippen molar-refractivity contribution in [2.75, 3.05) is 24.2 Å². The minimum absolute atomic E-state index is 0.0149. The number of hydrogen-bond donors (Lipinski definition) is 4. The molecule has 2 heterocycles. The second-order valence-corrected chi connectivity index (χ2v) is 14.3. The molecule has 246 valence electrons. The molecule has 0 radical (unpaired) electrons. The number of carbonyl (C=O) groups excluding carboxylic acids is 1. The number of hydrogen-bond acceptors (Lipinski definition) is 5. The number of nitrogens with zero attached hydrogens (tertiary/aromatic N) is 1. The average molecular weight is 655 g/mol. The van der Waals surface area contributed by atoms with Crippen molar-refractivity contribution in [3.63, 3.8) is 0 Å². The number of rotatable bonds is 9. The van der Waals surface area contributed by atoms with Crippen molar-refractivity contribution in [2.24, 2.45) is 5.92 Å². The molecule has 14 heteroatoms. The summed E-state index contributed by atoms with van der Waals surface area (Å²) in [5.74, 6) is -6.27. The summed E-state index contributed by atoms with van der Waals surface area (Å²) in [5.41, 5.74) is 0.622. The van der Waals surface area contributed by atoms with E-state index >= 15 is 4.39 Å². The molecule has 45 heavy (non-hydrogen) atoms. The minimum Gasteiger partial charge on any atom is -0.465 e. The van der Waals surface area contributed by atoms with Gasteiger partial charge >= 0.3 is 6.09 Å². The van der Waals surface area contributed by atoms with Crippen LogP contribution in [0.25, 0.3) is 0 Å². The lowest BCUT2D eigenvalue weighted by atomic mass is 9.72. The lowest BCUT2D eigenvalue weighted by Crippen LogP contribution is -2.57. The van der Waals surface area contributed by atoms with Gasteiger partial charge in [0.25, 0.3) is 0 Å². The Morgan fingerprint density at radius 3 is 2.47 bits per heavy atom. The fraction of sp³-hybridized carbons (Fsp3) is 0.548. The second kappa shape index (κ2) is 13.6. The van der Waals surface area contributed by atoms with Gasteiger partial charge < -0.3 is 21.1 Å². The summed E-state index contributed by atoms with van der Waals surface area (Å²) in [7, 11) is -3.47. The van der Waals surface area contributed by atoms with Crippen LogP contribution in [0.5, 0.6) is 0 Å². The number of halogens is 4. The van der Waals surface area contributed by atoms with Crippen LogP contribution in [0.4, 0.5) is 28.0 Å². The largest absolute Gasteiger partial charge is 0.465 e. The number of sulfonamides is 1. The maximum atomic E-state index is 15.2. The minimum atomic E-state index is -3.47. The highest BCUT2D eigenvalue weighted by Gasteiger charge is 2.43. The van der Waals surface area contributed by atoms with Crippen molar-refractivity contribution < 1.29 is 40.7 Å². The van der Waals surface area contributed by atoms with E-state index in [-0.39, 0.29) is 48.7 Å². The summed E-state index contributed by atoms with van der Waals surface area (Å²) in [6.07, 6.45) is -0.704. The lowest BCUT2D eigenvalue weighted by molar-refractivity contribution is -0.119. The number of benzene rings is 2. The van der Waals surface area contributed by atoms with E-state index in [4.69, 9.17) is 0 Å². The molecule has 2 bridgehead atoms. The predicted octanol–water partition coefficient (Wildman–Crippen LogP) is 4.85. The Morgan fingerprint density at radius 2 is 1.78 bits per heavy atom. The molecule has 4 N–H and O–H groups in total. The molecule has 1 saturated carbocycles. The van der Waals surface area contributed by atoms with E-state index in [2.05, 4.69) is 16.0 Å². The van der Waals surface area contributed by atoms with Gasteiger partial charge in [0.05, 0.1) is 5.75 Å². The van der Waals surface area contributed by atoms with Crippen molar-refractivity contribution in [1.29, 1.82) is 0 Å². The topological polar surface area (TPSA) is 128 Å². The Morgan fingerprint density at radius 1 is 1.07 bits per heavy atom. The van der Waals surface area contributed by atoms with Gasteiger partial charge in [-0.15, -0.1) is 0 Å². The maximum absolute atomic E-state index is 15.2. The molecular formula is C31H38F4N4O5S. The van der Waals surface area contributed by atoms with E-state index in [0.29, 0.717) is 25.1 Å². The Balaban J connectivity index is 1.40. The predicted molar refractivity (Wildman–Crippen MR) is 160 cm³/mol. The van der Waals surface area contributed by atoms with Crippen LogP contribution in [0, 0.1) is 17.6 Å². The Labute approximate surface area is 259 Å². The first-order valence-electron chi connectivity index (χ1n) is 15.3. The van der Waals surface area contributed by atoms with Crippen molar-refractivity contribution in [1.82, 2.24) is 14.9 Å². The van der Waals surface area contributed by atoms with Crippen LogP contribution in [0.1, 0.15) is 62.0 Å². The molecule has 3 aliphatic rings. The summed E-state index contributed by atoms with van der Waals surface area (Å²) >= 11 is 0. The SMILES string of the molecule is O=C(O)N[C@H](C(=O)Nc1cccc(F)c1CCC1CNC2CCCS(=O)(=O)N1C2)[C@H](c1ccc(F)cc1)C1CCC(F)(F)CC1. The summed E-state index contributed by atoms with van der Waals surface area (Å²) < 4.78 is 84.5. The monoisotopic (exact) mass is 654 g/mol. The molecule has 2 saturated heterocycles. The van der Waals surface area contributed by atoms with Gasteiger partial charge in [-0.3, -0.25) is 4.79 Å². The number of alkyl halides is 2. The third-order valence-corrected chi connectivity index (χ3v) is 11.3. The van der Waals surface area contributed by atoms with Gasteiger partial charge in [-0.25, -0.2) is 30.8 Å². The van der Waals surface area contributed by atoms with Crippen molar-refractivity contribution >= 4 is 27.7 Å². The van der Waals surface area contributed by atoms with Crippen LogP contribution in [0.2, 0.25) is 0 Å². The van der Waals surface area contributed by atoms with Crippen LogP contribution < -0.4 is 16.0 Å². The molecule has 5 atom stereocenters. The summed E-state index contributed by atoms with van der Waals surface area (Å²) in [6, 6.07) is 7.39. The zero-order valence-corrected chi connectivity index (χ0v) is 25.5. The number of piperazine rings is 1. The van der Waals surface area contributed by atoms with E-state index in [1.807, 2.05) is 0 Å². The van der Waals surface area contributed by atoms with E-state index in [9.17, 15) is 36.3 Å². The standard InChI is InChI=1S/C31H38F4N4O5S/c32-21-8-6-19(7-9-21)27(20-12-14-31(34,35)15-13-20)28(38-30(41)42)29(40)37-26-5-1-4-25(33)24(26)11-10-23-17-36-22-3-2-16-45(43,44)39(23)18-22/h1,4-9,20,22-23,27-28,36,38H,2-3,10-18H2,(H,37,40)(H,41,42)/t22?,23?,27-,28+/m1/s1. The molecule has 5 rings (SSSR count). The van der Waals surface area contributed by atoms with Gasteiger partial charge in [-0.05, 0) is 74.3 Å². The summed E-state index contributed by atoms with van der Waals surface area (Å²) in [5, 5.41) is 18.0. The number of fused-ring (bicyclic) bond motifs is 2. The van der Waals surface area contributed by atoms with E-state index < -0.39 is 76.3 Å². The van der Waals surface area contributed by atoms with E-state index in [1.54, 1.807) is 0 Å². The molecule has 3 unspecified atom stereocenters. The van der Waals surface area contributed by atoms with Gasteiger partial charge in [0.1, 0.15) is 17.7 Å². The van der Waals surface area contributed by atoms with Gasteiger partial charge in [0, 0.05) is 55.2 Å². The first-order chi connectivity index (χ1) is 21.3. The van der Waals surface area contributed by atoms with E-state index in [0.717, 1.165) is 18.6 Å². The Kier molecular flexibility index (Phi) is 10.0. The van der Waals surface area contributed by atoms with Crippen LogP contribution in [-0.4, -0.2) is 72.7 Å². The Hall–Kier alpha value is -3.23. The number of anilines is 1. The zero-order chi connectivity index (χ0) is 32.4. The molecule has 2 aliphatic heterocycles. The van der Waals surface area contributed by atoms with Gasteiger partial charge in [0.2, 0.25) is 21.9 Å². The second-order valence-electron chi connectivity index (χ2n) is 12.3. The van der Waals surface area contributed by atoms with Crippen LogP contribution in [0.15, 0.2) is 42.5 Å². The molecule has 3 fully saturated rings. The average Bonchev–Trinajstić information content (AvgIpc) is 3.09. The van der Waals surface area contributed by atoms with Crippen molar-refractivity contribution in [2.45, 2.75) is 81.3 Å². The highest BCUT2D eigenvalue weighted by atomic mass is 32.2. The van der Waals surface area contributed by atoms with Crippen LogP contribution >= 0.6 is 0 Å². The van der Waals surface area contributed by atoms with Crippen molar-refractivity contribution in [3.05, 3.63) is 65.2 Å². The zero-order valence-electron chi connectivity index (χ0n) is 24.7. The van der Waals surface area contributed by atoms with E-state index in [1.165, 1.54) is 34.6 Å². The maximum Gasteiger partial charge on any atom is 0.405 e. The van der Waals surface area contributed by atoms with Gasteiger partial charge in [-0.1, -0.05) is 18.2 Å². The first-order valence-corrected chi connectivity index (χ1v) is 16.9. The molecule has 1 aliphatic carbocycles. The van der Waals surface area contributed by atoms with Crippen molar-refractivity contribution in [3.8, 4) is 0 Å². The molecule has 9 nitrogen and oxygen atoms in total. The summed E-state index contributed by atoms with van der Waals surface area (Å²) in [4.78, 5) is 25.8. The molecule has 0 aromatic heterocycles. The summed E-state index contributed by atoms with van der Waals surface area (Å²) in [6.45, 7) is 0.749. The smallest absolute Gasteiger partial charge is 0.405 e. The van der Waals surface area contributed by atoms with Crippen LogP contribution in [-0.2, 0) is 21.2 Å². The van der Waals surface area contributed by atoms with Gasteiger partial charge in [0.15, 0.2) is 0 Å². The first kappa shape index (κ1) is 33.1. The fourth-order valence-corrected chi connectivity index (χ4v) is 8.80. The third-order valence-electron chi connectivity index (χ3n) is 9.31.